The number of rotatable bonds is 4. The molecule has 0 saturated heterocycles. The van der Waals surface area contributed by atoms with Gasteiger partial charge in [0, 0.05) is 0 Å². The van der Waals surface area contributed by atoms with E-state index >= 15 is 0 Å². The molecule has 15 heavy (non-hydrogen) atoms. The fraction of sp³-hybridized carbons (Fsp3) is 0.455. The Labute approximate surface area is 106 Å². The van der Waals surface area contributed by atoms with Gasteiger partial charge in [0.15, 0.2) is 5.75 Å². The van der Waals surface area contributed by atoms with Crippen LogP contribution in [-0.4, -0.2) is 12.9 Å². The maximum atomic E-state index is 6.03. The van der Waals surface area contributed by atoms with Crippen LogP contribution in [0.3, 0.4) is 0 Å². The highest BCUT2D eigenvalue weighted by molar-refractivity contribution is 7.80. The smallest absolute Gasteiger partial charge is 0.156 e. The van der Waals surface area contributed by atoms with E-state index in [9.17, 15) is 0 Å². The SMILES string of the molecule is COc1c(Cl)cc(CC(C)CS)cc1Cl. The molecule has 0 heterocycles. The van der Waals surface area contributed by atoms with Gasteiger partial charge in [-0.25, -0.2) is 0 Å². The molecular formula is C11H14Cl2OS. The average molecular weight is 265 g/mol. The second-order valence-corrected chi connectivity index (χ2v) is 4.76. The molecule has 0 spiro atoms. The topological polar surface area (TPSA) is 9.23 Å². The molecule has 1 atom stereocenters. The molecule has 1 aromatic rings. The van der Waals surface area contributed by atoms with E-state index in [0.29, 0.717) is 21.7 Å². The Kier molecular flexibility index (Phi) is 5.10. The molecule has 1 rings (SSSR count). The highest BCUT2D eigenvalue weighted by Crippen LogP contribution is 2.34. The van der Waals surface area contributed by atoms with Crippen molar-refractivity contribution in [2.45, 2.75) is 13.3 Å². The van der Waals surface area contributed by atoms with Gasteiger partial charge < -0.3 is 4.74 Å². The average Bonchev–Trinajstić information content (AvgIpc) is 2.17. The lowest BCUT2D eigenvalue weighted by Gasteiger charge is -2.11. The third kappa shape index (κ3) is 3.47. The summed E-state index contributed by atoms with van der Waals surface area (Å²) in [7, 11) is 1.56. The standard InChI is InChI=1S/C11H14Cl2OS/c1-7(6-15)3-8-4-9(12)11(14-2)10(13)5-8/h4-5,7,15H,3,6H2,1-2H3. The first-order valence-electron chi connectivity index (χ1n) is 4.71. The fourth-order valence-electron chi connectivity index (χ4n) is 1.39. The van der Waals surface area contributed by atoms with Crippen LogP contribution in [0.5, 0.6) is 5.75 Å². The Bertz CT molecular complexity index is 318. The van der Waals surface area contributed by atoms with Crippen LogP contribution in [0.4, 0.5) is 0 Å². The molecule has 0 bridgehead atoms. The molecule has 0 aliphatic carbocycles. The van der Waals surface area contributed by atoms with Gasteiger partial charge in [0.05, 0.1) is 17.2 Å². The van der Waals surface area contributed by atoms with Crippen LogP contribution >= 0.6 is 35.8 Å². The summed E-state index contributed by atoms with van der Waals surface area (Å²) in [4.78, 5) is 0. The van der Waals surface area contributed by atoms with E-state index in [1.54, 1.807) is 7.11 Å². The van der Waals surface area contributed by atoms with Crippen molar-refractivity contribution in [1.82, 2.24) is 0 Å². The highest BCUT2D eigenvalue weighted by Gasteiger charge is 2.10. The predicted octanol–water partition coefficient (Wildman–Crippen LogP) is 4.11. The van der Waals surface area contributed by atoms with Gasteiger partial charge in [0.25, 0.3) is 0 Å². The summed E-state index contributed by atoms with van der Waals surface area (Å²) in [6.45, 7) is 2.14. The van der Waals surface area contributed by atoms with E-state index in [1.165, 1.54) is 0 Å². The Morgan fingerprint density at radius 3 is 2.27 bits per heavy atom. The van der Waals surface area contributed by atoms with Gasteiger partial charge in [-0.05, 0) is 35.8 Å². The van der Waals surface area contributed by atoms with E-state index in [1.807, 2.05) is 12.1 Å². The molecule has 0 radical (unpaired) electrons. The number of methoxy groups -OCH3 is 1. The number of halogens is 2. The Morgan fingerprint density at radius 2 is 1.87 bits per heavy atom. The van der Waals surface area contributed by atoms with E-state index in [0.717, 1.165) is 17.7 Å². The molecule has 1 aromatic carbocycles. The lowest BCUT2D eigenvalue weighted by Crippen LogP contribution is -2.01. The summed E-state index contributed by atoms with van der Waals surface area (Å²) in [5.41, 5.74) is 1.12. The number of thiol groups is 1. The van der Waals surface area contributed by atoms with Gasteiger partial charge in [0.1, 0.15) is 0 Å². The first-order chi connectivity index (χ1) is 7.08. The van der Waals surface area contributed by atoms with Crippen molar-refractivity contribution in [2.24, 2.45) is 5.92 Å². The zero-order chi connectivity index (χ0) is 11.4. The number of hydrogen-bond acceptors (Lipinski definition) is 2. The number of benzene rings is 1. The predicted molar refractivity (Wildman–Crippen MR) is 69.7 cm³/mol. The van der Waals surface area contributed by atoms with Crippen molar-refractivity contribution in [3.63, 3.8) is 0 Å². The minimum Gasteiger partial charge on any atom is -0.494 e. The monoisotopic (exact) mass is 264 g/mol. The molecular weight excluding hydrogens is 251 g/mol. The van der Waals surface area contributed by atoms with Crippen molar-refractivity contribution in [1.29, 1.82) is 0 Å². The molecule has 0 aromatic heterocycles. The summed E-state index contributed by atoms with van der Waals surface area (Å²) in [6.07, 6.45) is 0.924. The van der Waals surface area contributed by atoms with Crippen molar-refractivity contribution in [3.8, 4) is 5.75 Å². The summed E-state index contributed by atoms with van der Waals surface area (Å²) in [5, 5.41) is 1.12. The van der Waals surface area contributed by atoms with Gasteiger partial charge >= 0.3 is 0 Å². The minimum absolute atomic E-state index is 0.508. The van der Waals surface area contributed by atoms with Crippen LogP contribution in [-0.2, 0) is 6.42 Å². The van der Waals surface area contributed by atoms with Crippen LogP contribution in [0.25, 0.3) is 0 Å². The third-order valence-electron chi connectivity index (χ3n) is 2.16. The van der Waals surface area contributed by atoms with Crippen molar-refractivity contribution in [3.05, 3.63) is 27.7 Å². The second kappa shape index (κ2) is 5.88. The van der Waals surface area contributed by atoms with E-state index in [-0.39, 0.29) is 0 Å². The van der Waals surface area contributed by atoms with Crippen LogP contribution < -0.4 is 4.74 Å². The zero-order valence-electron chi connectivity index (χ0n) is 8.76. The maximum Gasteiger partial charge on any atom is 0.156 e. The Morgan fingerprint density at radius 1 is 1.33 bits per heavy atom. The third-order valence-corrected chi connectivity index (χ3v) is 3.34. The lowest BCUT2D eigenvalue weighted by molar-refractivity contribution is 0.415. The molecule has 1 unspecified atom stereocenters. The Hall–Kier alpha value is -0.0500. The van der Waals surface area contributed by atoms with Crippen LogP contribution in [0.15, 0.2) is 12.1 Å². The molecule has 1 nitrogen and oxygen atoms in total. The quantitative estimate of drug-likeness (QED) is 0.806. The molecule has 0 N–H and O–H groups in total. The Balaban J connectivity index is 2.93. The van der Waals surface area contributed by atoms with Gasteiger partial charge in [0.2, 0.25) is 0 Å². The zero-order valence-corrected chi connectivity index (χ0v) is 11.2. The van der Waals surface area contributed by atoms with Gasteiger partial charge in [-0.2, -0.15) is 12.6 Å². The molecule has 4 heteroatoms. The molecule has 0 aliphatic rings. The number of ether oxygens (including phenoxy) is 1. The molecule has 0 saturated carbocycles. The molecule has 0 amide bonds. The molecule has 0 fully saturated rings. The van der Waals surface area contributed by atoms with Gasteiger partial charge in [-0.1, -0.05) is 30.1 Å². The summed E-state index contributed by atoms with van der Waals surface area (Å²) >= 11 is 16.3. The first kappa shape index (κ1) is 13.0. The maximum absolute atomic E-state index is 6.03. The summed E-state index contributed by atoms with van der Waals surface area (Å²) < 4.78 is 5.08. The minimum atomic E-state index is 0.508. The summed E-state index contributed by atoms with van der Waals surface area (Å²) in [5.74, 6) is 1.90. The second-order valence-electron chi connectivity index (χ2n) is 3.58. The van der Waals surface area contributed by atoms with E-state index < -0.39 is 0 Å². The van der Waals surface area contributed by atoms with Crippen molar-refractivity contribution < 1.29 is 4.74 Å². The fourth-order valence-corrected chi connectivity index (χ4v) is 2.21. The van der Waals surface area contributed by atoms with Crippen LogP contribution in [0, 0.1) is 5.92 Å². The molecule has 84 valence electrons. The van der Waals surface area contributed by atoms with E-state index in [2.05, 4.69) is 19.6 Å². The largest absolute Gasteiger partial charge is 0.494 e. The van der Waals surface area contributed by atoms with Gasteiger partial charge in [-0.15, -0.1) is 0 Å². The van der Waals surface area contributed by atoms with E-state index in [4.69, 9.17) is 27.9 Å². The number of hydrogen-bond donors (Lipinski definition) is 1. The lowest BCUT2D eigenvalue weighted by atomic mass is 10.0. The first-order valence-corrected chi connectivity index (χ1v) is 6.10. The molecule has 0 aliphatic heterocycles. The van der Waals surface area contributed by atoms with Crippen molar-refractivity contribution >= 4 is 35.8 Å². The van der Waals surface area contributed by atoms with Crippen LogP contribution in [0.2, 0.25) is 10.0 Å². The van der Waals surface area contributed by atoms with Crippen LogP contribution in [0.1, 0.15) is 12.5 Å². The van der Waals surface area contributed by atoms with Gasteiger partial charge in [-0.3, -0.25) is 0 Å². The highest BCUT2D eigenvalue weighted by atomic mass is 35.5. The summed E-state index contributed by atoms with van der Waals surface area (Å²) in [6, 6.07) is 3.79. The van der Waals surface area contributed by atoms with Crippen molar-refractivity contribution in [2.75, 3.05) is 12.9 Å². The normalized spacial score (nSPS) is 12.6.